The van der Waals surface area contributed by atoms with Crippen LogP contribution < -0.4 is 0 Å². The zero-order valence-corrected chi connectivity index (χ0v) is 10.0. The van der Waals surface area contributed by atoms with Gasteiger partial charge in [0.1, 0.15) is 0 Å². The summed E-state index contributed by atoms with van der Waals surface area (Å²) in [5, 5.41) is 0. The second kappa shape index (κ2) is 4.45. The zero-order chi connectivity index (χ0) is 10.6. The van der Waals surface area contributed by atoms with E-state index in [0.717, 1.165) is 5.56 Å². The minimum Gasteiger partial charge on any atom is -0.413 e. The summed E-state index contributed by atoms with van der Waals surface area (Å²) in [6, 6.07) is 7.94. The molecular weight excluding hydrogens is 188 g/mol. The monoisotopic (exact) mass is 204 g/mol. The van der Waals surface area contributed by atoms with E-state index in [9.17, 15) is 0 Å². The van der Waals surface area contributed by atoms with Crippen molar-refractivity contribution in [1.29, 1.82) is 0 Å². The van der Waals surface area contributed by atoms with Crippen molar-refractivity contribution < 1.29 is 4.43 Å². The highest BCUT2D eigenvalue weighted by Crippen LogP contribution is 2.09. The fraction of sp³-hybridized carbons (Fsp3) is 0.333. The molecule has 1 rings (SSSR count). The van der Waals surface area contributed by atoms with Gasteiger partial charge in [0.2, 0.25) is 0 Å². The molecule has 0 atom stereocenters. The molecule has 0 amide bonds. The fourth-order valence-corrected chi connectivity index (χ4v) is 1.60. The van der Waals surface area contributed by atoms with Gasteiger partial charge in [-0.1, -0.05) is 18.1 Å². The second-order valence-corrected chi connectivity index (χ2v) is 8.76. The van der Waals surface area contributed by atoms with Gasteiger partial charge in [-0.05, 0) is 37.3 Å². The summed E-state index contributed by atoms with van der Waals surface area (Å²) in [7, 11) is -1.40. The van der Waals surface area contributed by atoms with Crippen LogP contribution in [-0.4, -0.2) is 8.32 Å². The molecule has 0 aliphatic rings. The molecule has 1 aromatic rings. The summed E-state index contributed by atoms with van der Waals surface area (Å²) in [4.78, 5) is 0. The molecule has 0 unspecified atom stereocenters. The first kappa shape index (κ1) is 11.0. The lowest BCUT2D eigenvalue weighted by Gasteiger charge is -2.16. The molecule has 0 saturated heterocycles. The van der Waals surface area contributed by atoms with Crippen LogP contribution in [-0.2, 0) is 11.0 Å². The van der Waals surface area contributed by atoms with Gasteiger partial charge in [-0.3, -0.25) is 0 Å². The van der Waals surface area contributed by atoms with Crippen molar-refractivity contribution in [2.24, 2.45) is 0 Å². The second-order valence-electron chi connectivity index (χ2n) is 4.24. The summed E-state index contributed by atoms with van der Waals surface area (Å²) >= 11 is 0. The fourth-order valence-electron chi connectivity index (χ4n) is 0.997. The number of hydrogen-bond donors (Lipinski definition) is 0. The molecule has 0 fully saturated rings. The normalized spacial score (nSPS) is 11.0. The molecule has 1 aromatic carbocycles. The Bertz CT molecular complexity index is 327. The van der Waals surface area contributed by atoms with E-state index >= 15 is 0 Å². The Balaban J connectivity index is 2.58. The average molecular weight is 204 g/mol. The number of benzene rings is 1. The van der Waals surface area contributed by atoms with Crippen LogP contribution in [0.1, 0.15) is 11.1 Å². The molecular formula is C12H16OSi. The highest BCUT2D eigenvalue weighted by atomic mass is 28.4. The van der Waals surface area contributed by atoms with E-state index in [-0.39, 0.29) is 0 Å². The molecule has 0 bridgehead atoms. The Kier molecular flexibility index (Phi) is 3.51. The van der Waals surface area contributed by atoms with Gasteiger partial charge < -0.3 is 4.43 Å². The van der Waals surface area contributed by atoms with Crippen LogP contribution in [0, 0.1) is 12.3 Å². The third-order valence-electron chi connectivity index (χ3n) is 1.79. The van der Waals surface area contributed by atoms with Crippen molar-refractivity contribution in [2.75, 3.05) is 0 Å². The van der Waals surface area contributed by atoms with E-state index in [1.807, 2.05) is 24.3 Å². The SMILES string of the molecule is C#Cc1ccc(CO[Si](C)(C)C)cc1. The van der Waals surface area contributed by atoms with Crippen molar-refractivity contribution in [3.8, 4) is 12.3 Å². The zero-order valence-electron chi connectivity index (χ0n) is 9.00. The van der Waals surface area contributed by atoms with Crippen molar-refractivity contribution in [3.05, 3.63) is 35.4 Å². The average Bonchev–Trinajstić information content (AvgIpc) is 2.14. The topological polar surface area (TPSA) is 9.23 Å². The minimum atomic E-state index is -1.40. The molecule has 0 heterocycles. The lowest BCUT2D eigenvalue weighted by atomic mass is 10.1. The van der Waals surface area contributed by atoms with Crippen LogP contribution in [0.4, 0.5) is 0 Å². The van der Waals surface area contributed by atoms with Crippen molar-refractivity contribution in [2.45, 2.75) is 26.2 Å². The Morgan fingerprint density at radius 1 is 1.21 bits per heavy atom. The van der Waals surface area contributed by atoms with E-state index < -0.39 is 8.32 Å². The number of hydrogen-bond acceptors (Lipinski definition) is 1. The lowest BCUT2D eigenvalue weighted by Crippen LogP contribution is -2.24. The van der Waals surface area contributed by atoms with Gasteiger partial charge in [0.15, 0.2) is 8.32 Å². The molecule has 0 radical (unpaired) electrons. The first-order valence-electron chi connectivity index (χ1n) is 4.71. The maximum absolute atomic E-state index is 5.78. The van der Waals surface area contributed by atoms with E-state index in [1.54, 1.807) is 0 Å². The van der Waals surface area contributed by atoms with Crippen LogP contribution >= 0.6 is 0 Å². The maximum atomic E-state index is 5.78. The summed E-state index contributed by atoms with van der Waals surface area (Å²) < 4.78 is 5.78. The third kappa shape index (κ3) is 3.78. The molecule has 0 aliphatic heterocycles. The van der Waals surface area contributed by atoms with Crippen LogP contribution in [0.15, 0.2) is 24.3 Å². The first-order chi connectivity index (χ1) is 6.51. The van der Waals surface area contributed by atoms with Gasteiger partial charge >= 0.3 is 0 Å². The number of terminal acetylenes is 1. The molecule has 0 aromatic heterocycles. The van der Waals surface area contributed by atoms with Gasteiger partial charge in [0.25, 0.3) is 0 Å². The smallest absolute Gasteiger partial charge is 0.184 e. The molecule has 74 valence electrons. The van der Waals surface area contributed by atoms with Gasteiger partial charge in [-0.25, -0.2) is 0 Å². The predicted octanol–water partition coefficient (Wildman–Crippen LogP) is 3.02. The molecule has 2 heteroatoms. The summed E-state index contributed by atoms with van der Waals surface area (Å²) in [5.74, 6) is 2.59. The van der Waals surface area contributed by atoms with Gasteiger partial charge in [0, 0.05) is 5.56 Å². The van der Waals surface area contributed by atoms with Gasteiger partial charge in [0.05, 0.1) is 6.61 Å². The van der Waals surface area contributed by atoms with E-state index in [0.29, 0.717) is 6.61 Å². The number of rotatable bonds is 3. The predicted molar refractivity (Wildman–Crippen MR) is 62.5 cm³/mol. The maximum Gasteiger partial charge on any atom is 0.184 e. The van der Waals surface area contributed by atoms with Crippen molar-refractivity contribution >= 4 is 8.32 Å². The van der Waals surface area contributed by atoms with Gasteiger partial charge in [-0.2, -0.15) is 0 Å². The van der Waals surface area contributed by atoms with Crippen LogP contribution in [0.25, 0.3) is 0 Å². The highest BCUT2D eigenvalue weighted by Gasteiger charge is 2.13. The standard InChI is InChI=1S/C12H16OSi/c1-5-11-6-8-12(9-7-11)10-13-14(2,3)4/h1,6-9H,10H2,2-4H3. The Morgan fingerprint density at radius 2 is 1.79 bits per heavy atom. The summed E-state index contributed by atoms with van der Waals surface area (Å²) in [6.45, 7) is 7.25. The highest BCUT2D eigenvalue weighted by molar-refractivity contribution is 6.69. The molecule has 0 aliphatic carbocycles. The molecule has 1 nitrogen and oxygen atoms in total. The van der Waals surface area contributed by atoms with Crippen molar-refractivity contribution in [3.63, 3.8) is 0 Å². The van der Waals surface area contributed by atoms with Crippen LogP contribution in [0.5, 0.6) is 0 Å². The minimum absolute atomic E-state index is 0.695. The van der Waals surface area contributed by atoms with Gasteiger partial charge in [-0.15, -0.1) is 6.42 Å². The Labute approximate surface area is 87.2 Å². The molecule has 14 heavy (non-hydrogen) atoms. The quantitative estimate of drug-likeness (QED) is 0.543. The van der Waals surface area contributed by atoms with Crippen LogP contribution in [0.2, 0.25) is 19.6 Å². The largest absolute Gasteiger partial charge is 0.413 e. The summed E-state index contributed by atoms with van der Waals surface area (Å²) in [5.41, 5.74) is 2.10. The molecule has 0 N–H and O–H groups in total. The Hall–Kier alpha value is -1.04. The Morgan fingerprint density at radius 3 is 2.21 bits per heavy atom. The summed E-state index contributed by atoms with van der Waals surface area (Å²) in [6.07, 6.45) is 5.27. The first-order valence-corrected chi connectivity index (χ1v) is 8.11. The molecule has 0 saturated carbocycles. The third-order valence-corrected chi connectivity index (χ3v) is 2.80. The van der Waals surface area contributed by atoms with Crippen LogP contribution in [0.3, 0.4) is 0 Å². The van der Waals surface area contributed by atoms with E-state index in [2.05, 4.69) is 25.6 Å². The molecule has 0 spiro atoms. The van der Waals surface area contributed by atoms with E-state index in [4.69, 9.17) is 10.8 Å². The lowest BCUT2D eigenvalue weighted by molar-refractivity contribution is 0.299. The van der Waals surface area contributed by atoms with Crippen molar-refractivity contribution in [1.82, 2.24) is 0 Å². The van der Waals surface area contributed by atoms with E-state index in [1.165, 1.54) is 5.56 Å².